The molecular weight excluding hydrogens is 418 g/mol. The Balaban J connectivity index is 1.88. The number of aliphatic hydroxyl groups excluding tert-OH is 1. The van der Waals surface area contributed by atoms with Gasteiger partial charge in [-0.25, -0.2) is 4.99 Å². The van der Waals surface area contributed by atoms with Crippen LogP contribution in [0.5, 0.6) is 0 Å². The van der Waals surface area contributed by atoms with Crippen molar-refractivity contribution in [2.24, 2.45) is 16.3 Å². The van der Waals surface area contributed by atoms with Gasteiger partial charge in [0.15, 0.2) is 0 Å². The molecule has 158 valence electrons. The van der Waals surface area contributed by atoms with Crippen LogP contribution in [0.2, 0.25) is 0 Å². The average Bonchev–Trinajstić information content (AvgIpc) is 3.06. The number of nitro groups is 1. The van der Waals surface area contributed by atoms with E-state index in [1.54, 1.807) is 29.7 Å². The standard InChI is InChI=1S/C22H25N3O3S2/c1-22(2,3)15-5-6-16-17(12-23)21(30-20(16)11-15)24-13-14-4-7-19(29-9-8-26)18(10-14)25(27)28/h4,7,10,13,15,26H,5-6,8-9,11H2,1-3H3/b24-13+. The third kappa shape index (κ3) is 4.91. The number of hydrogen-bond acceptors (Lipinski definition) is 7. The number of aliphatic hydroxyl groups is 1. The molecule has 6 nitrogen and oxygen atoms in total. The molecule has 0 spiro atoms. The summed E-state index contributed by atoms with van der Waals surface area (Å²) in [6.45, 7) is 6.74. The molecule has 0 bridgehead atoms. The molecular formula is C22H25N3O3S2. The molecule has 0 aliphatic heterocycles. The van der Waals surface area contributed by atoms with E-state index in [0.717, 1.165) is 24.8 Å². The number of benzene rings is 1. The van der Waals surface area contributed by atoms with E-state index in [1.165, 1.54) is 22.7 Å². The molecule has 0 saturated heterocycles. The Hall–Kier alpha value is -2.21. The Kier molecular flexibility index (Phi) is 6.96. The molecule has 3 rings (SSSR count). The summed E-state index contributed by atoms with van der Waals surface area (Å²) in [5, 5.41) is 30.7. The lowest BCUT2D eigenvalue weighted by atomic mass is 9.72. The predicted octanol–water partition coefficient (Wildman–Crippen LogP) is 5.51. The number of nitriles is 1. The number of nitro benzene ring substituents is 1. The predicted molar refractivity (Wildman–Crippen MR) is 122 cm³/mol. The van der Waals surface area contributed by atoms with Gasteiger partial charge in [-0.15, -0.1) is 23.1 Å². The van der Waals surface area contributed by atoms with Crippen LogP contribution in [0, 0.1) is 32.8 Å². The van der Waals surface area contributed by atoms with Crippen molar-refractivity contribution in [3.8, 4) is 6.07 Å². The van der Waals surface area contributed by atoms with Crippen LogP contribution in [0.1, 0.15) is 48.8 Å². The fraction of sp³-hybridized carbons (Fsp3) is 0.455. The summed E-state index contributed by atoms with van der Waals surface area (Å²) in [5.41, 5.74) is 2.60. The van der Waals surface area contributed by atoms with Gasteiger partial charge in [-0.1, -0.05) is 26.8 Å². The molecule has 0 saturated carbocycles. The van der Waals surface area contributed by atoms with Crippen LogP contribution in [0.25, 0.3) is 0 Å². The Morgan fingerprint density at radius 1 is 1.47 bits per heavy atom. The highest BCUT2D eigenvalue weighted by atomic mass is 32.2. The SMILES string of the molecule is CC(C)(C)C1CCc2c(sc(/N=C/c3ccc(SCCO)c([N+](=O)[O-])c3)c2C#N)C1. The van der Waals surface area contributed by atoms with Crippen LogP contribution in [0.15, 0.2) is 28.1 Å². The lowest BCUT2D eigenvalue weighted by Gasteiger charge is -2.33. The molecule has 2 aromatic rings. The molecule has 8 heteroatoms. The van der Waals surface area contributed by atoms with Crippen LogP contribution in [0.4, 0.5) is 10.7 Å². The van der Waals surface area contributed by atoms with Crippen LogP contribution >= 0.6 is 23.1 Å². The first kappa shape index (κ1) is 22.5. The Bertz CT molecular complexity index is 1020. The van der Waals surface area contributed by atoms with Crippen LogP contribution < -0.4 is 0 Å². The molecule has 1 aliphatic rings. The zero-order chi connectivity index (χ0) is 21.9. The Morgan fingerprint density at radius 3 is 2.87 bits per heavy atom. The van der Waals surface area contributed by atoms with Crippen molar-refractivity contribution in [3.05, 3.63) is 49.9 Å². The number of rotatable bonds is 6. The van der Waals surface area contributed by atoms with E-state index < -0.39 is 4.92 Å². The molecule has 1 N–H and O–H groups in total. The van der Waals surface area contributed by atoms with Crippen molar-refractivity contribution in [2.45, 2.75) is 44.9 Å². The van der Waals surface area contributed by atoms with E-state index in [2.05, 4.69) is 31.8 Å². The van der Waals surface area contributed by atoms with Crippen molar-refractivity contribution in [3.63, 3.8) is 0 Å². The summed E-state index contributed by atoms with van der Waals surface area (Å²) in [7, 11) is 0. The molecule has 1 atom stereocenters. The van der Waals surface area contributed by atoms with Crippen LogP contribution in [0.3, 0.4) is 0 Å². The van der Waals surface area contributed by atoms with Gasteiger partial charge in [0.05, 0.1) is 22.0 Å². The quantitative estimate of drug-likeness (QED) is 0.274. The second-order valence-corrected chi connectivity index (χ2v) is 10.6. The van der Waals surface area contributed by atoms with Crippen molar-refractivity contribution in [1.82, 2.24) is 0 Å². The van der Waals surface area contributed by atoms with E-state index in [1.807, 2.05) is 0 Å². The van der Waals surface area contributed by atoms with Crippen LogP contribution in [-0.4, -0.2) is 28.6 Å². The van der Waals surface area contributed by atoms with Crippen molar-refractivity contribution in [1.29, 1.82) is 5.26 Å². The lowest BCUT2D eigenvalue weighted by Crippen LogP contribution is -2.26. The van der Waals surface area contributed by atoms with Crippen molar-refractivity contribution < 1.29 is 10.0 Å². The van der Waals surface area contributed by atoms with Gasteiger partial charge in [-0.2, -0.15) is 5.26 Å². The lowest BCUT2D eigenvalue weighted by molar-refractivity contribution is -0.387. The topological polar surface area (TPSA) is 99.5 Å². The van der Waals surface area contributed by atoms with Gasteiger partial charge >= 0.3 is 0 Å². The fourth-order valence-corrected chi connectivity index (χ4v) is 5.66. The van der Waals surface area contributed by atoms with E-state index in [9.17, 15) is 15.4 Å². The van der Waals surface area contributed by atoms with Gasteiger partial charge < -0.3 is 5.11 Å². The van der Waals surface area contributed by atoms with Crippen molar-refractivity contribution >= 4 is 40.0 Å². The normalized spacial score (nSPS) is 16.4. The minimum atomic E-state index is -0.422. The highest BCUT2D eigenvalue weighted by Gasteiger charge is 2.32. The van der Waals surface area contributed by atoms with Gasteiger partial charge in [0, 0.05) is 22.9 Å². The fourth-order valence-electron chi connectivity index (χ4n) is 3.69. The highest BCUT2D eigenvalue weighted by molar-refractivity contribution is 7.99. The number of aliphatic imine (C=N–C) groups is 1. The molecule has 0 amide bonds. The zero-order valence-corrected chi connectivity index (χ0v) is 19.0. The minimum absolute atomic E-state index is 0.00333. The molecule has 0 fully saturated rings. The number of nitrogens with zero attached hydrogens (tertiary/aromatic N) is 3. The molecule has 1 aliphatic carbocycles. The first-order valence-electron chi connectivity index (χ1n) is 9.85. The molecule has 1 aromatic heterocycles. The maximum absolute atomic E-state index is 11.4. The first-order chi connectivity index (χ1) is 14.2. The molecule has 1 aromatic carbocycles. The number of thiophene rings is 1. The zero-order valence-electron chi connectivity index (χ0n) is 17.3. The smallest absolute Gasteiger partial charge is 0.283 e. The van der Waals surface area contributed by atoms with E-state index in [0.29, 0.717) is 32.7 Å². The number of hydrogen-bond donors (Lipinski definition) is 1. The molecule has 0 radical (unpaired) electrons. The van der Waals surface area contributed by atoms with E-state index in [4.69, 9.17) is 5.11 Å². The average molecular weight is 444 g/mol. The third-order valence-corrected chi connectivity index (χ3v) is 7.65. The maximum atomic E-state index is 11.4. The van der Waals surface area contributed by atoms with E-state index >= 15 is 0 Å². The van der Waals surface area contributed by atoms with Gasteiger partial charge in [0.2, 0.25) is 0 Å². The minimum Gasteiger partial charge on any atom is -0.396 e. The Morgan fingerprint density at radius 2 is 2.23 bits per heavy atom. The van der Waals surface area contributed by atoms with Gasteiger partial charge in [-0.3, -0.25) is 10.1 Å². The van der Waals surface area contributed by atoms with Gasteiger partial charge in [-0.05, 0) is 47.8 Å². The first-order valence-corrected chi connectivity index (χ1v) is 11.7. The second kappa shape index (κ2) is 9.29. The van der Waals surface area contributed by atoms with Crippen molar-refractivity contribution in [2.75, 3.05) is 12.4 Å². The summed E-state index contributed by atoms with van der Waals surface area (Å²) >= 11 is 2.81. The van der Waals surface area contributed by atoms with E-state index in [-0.39, 0.29) is 17.7 Å². The maximum Gasteiger partial charge on any atom is 0.283 e. The largest absolute Gasteiger partial charge is 0.396 e. The highest BCUT2D eigenvalue weighted by Crippen LogP contribution is 2.44. The number of thioether (sulfide) groups is 1. The summed E-state index contributed by atoms with van der Waals surface area (Å²) in [5.74, 6) is 0.981. The summed E-state index contributed by atoms with van der Waals surface area (Å²) in [6.07, 6.45) is 4.53. The third-order valence-electron chi connectivity index (χ3n) is 5.44. The summed E-state index contributed by atoms with van der Waals surface area (Å²) < 4.78 is 0. The molecule has 1 unspecified atom stereocenters. The Labute approximate surface area is 184 Å². The van der Waals surface area contributed by atoms with Gasteiger partial charge in [0.25, 0.3) is 5.69 Å². The molecule has 1 heterocycles. The van der Waals surface area contributed by atoms with Crippen LogP contribution in [-0.2, 0) is 12.8 Å². The number of fused-ring (bicyclic) bond motifs is 1. The monoisotopic (exact) mass is 443 g/mol. The summed E-state index contributed by atoms with van der Waals surface area (Å²) in [6, 6.07) is 7.25. The summed E-state index contributed by atoms with van der Waals surface area (Å²) in [4.78, 5) is 17.3. The second-order valence-electron chi connectivity index (χ2n) is 8.42. The van der Waals surface area contributed by atoms with Gasteiger partial charge in [0.1, 0.15) is 11.1 Å². The molecule has 30 heavy (non-hydrogen) atoms.